The Morgan fingerprint density at radius 3 is 2.76 bits per heavy atom. The number of hydrogen-bond acceptors (Lipinski definition) is 5. The maximum Gasteiger partial charge on any atom is 0.287 e. The van der Waals surface area contributed by atoms with Crippen LogP contribution in [0.2, 0.25) is 0 Å². The average molecular weight is 301 g/mol. The second kappa shape index (κ2) is 6.37. The first-order valence-electron chi connectivity index (χ1n) is 6.50. The van der Waals surface area contributed by atoms with Gasteiger partial charge in [-0.2, -0.15) is 5.26 Å². The Kier molecular flexibility index (Phi) is 4.55. The summed E-state index contributed by atoms with van der Waals surface area (Å²) in [7, 11) is 0. The van der Waals surface area contributed by atoms with Gasteiger partial charge in [-0.15, -0.1) is 11.3 Å². The molecule has 1 unspecified atom stereocenters. The van der Waals surface area contributed by atoms with Crippen LogP contribution < -0.4 is 5.32 Å². The van der Waals surface area contributed by atoms with Crippen LogP contribution in [-0.2, 0) is 6.42 Å². The Morgan fingerprint density at radius 2 is 2.19 bits per heavy atom. The summed E-state index contributed by atoms with van der Waals surface area (Å²) in [5, 5.41) is 23.0. The normalized spacial score (nSPS) is 11.7. The first kappa shape index (κ1) is 15.0. The Balaban J connectivity index is 2.09. The van der Waals surface area contributed by atoms with Crippen LogP contribution in [0, 0.1) is 28.4 Å². The van der Waals surface area contributed by atoms with Gasteiger partial charge in [0.05, 0.1) is 4.92 Å². The Bertz CT molecular complexity index is 703. The summed E-state index contributed by atoms with van der Waals surface area (Å²) in [4.78, 5) is 12.8. The summed E-state index contributed by atoms with van der Waals surface area (Å²) >= 11 is 1.76. The molecule has 1 aromatic carbocycles. The van der Waals surface area contributed by atoms with Crippen molar-refractivity contribution >= 4 is 22.7 Å². The lowest BCUT2D eigenvalue weighted by Gasteiger charge is -2.14. The van der Waals surface area contributed by atoms with Crippen molar-refractivity contribution < 1.29 is 4.92 Å². The van der Waals surface area contributed by atoms with Crippen LogP contribution in [0.15, 0.2) is 30.3 Å². The van der Waals surface area contributed by atoms with Crippen LogP contribution in [-0.4, -0.2) is 11.0 Å². The second-order valence-corrected chi connectivity index (χ2v) is 6.24. The van der Waals surface area contributed by atoms with E-state index >= 15 is 0 Å². The van der Waals surface area contributed by atoms with Gasteiger partial charge in [0.25, 0.3) is 5.69 Å². The molecule has 0 bridgehead atoms. The van der Waals surface area contributed by atoms with Crippen molar-refractivity contribution in [3.8, 4) is 6.07 Å². The van der Waals surface area contributed by atoms with Gasteiger partial charge >= 0.3 is 0 Å². The molecule has 0 saturated carbocycles. The molecule has 2 rings (SSSR count). The largest absolute Gasteiger partial charge is 0.382 e. The van der Waals surface area contributed by atoms with Crippen LogP contribution in [0.4, 0.5) is 11.4 Å². The van der Waals surface area contributed by atoms with Gasteiger partial charge in [-0.05, 0) is 38.1 Å². The minimum Gasteiger partial charge on any atom is -0.382 e. The average Bonchev–Trinajstić information content (AvgIpc) is 2.83. The molecule has 0 aliphatic rings. The zero-order chi connectivity index (χ0) is 15.4. The SMILES string of the molecule is Cc1ccc(CC(C)Nc2ccc([N+](=O)[O-])c(C#N)c2)s1. The predicted octanol–water partition coefficient (Wildman–Crippen LogP) is 3.88. The minimum absolute atomic E-state index is 0.0733. The highest BCUT2D eigenvalue weighted by molar-refractivity contribution is 7.11. The molecule has 21 heavy (non-hydrogen) atoms. The van der Waals surface area contributed by atoms with E-state index in [1.807, 2.05) is 13.0 Å². The van der Waals surface area contributed by atoms with Crippen molar-refractivity contribution in [2.24, 2.45) is 0 Å². The molecule has 108 valence electrons. The zero-order valence-electron chi connectivity index (χ0n) is 11.8. The van der Waals surface area contributed by atoms with E-state index < -0.39 is 4.92 Å². The number of nitro benzene ring substituents is 1. The van der Waals surface area contributed by atoms with Gasteiger partial charge in [0, 0.05) is 34.0 Å². The van der Waals surface area contributed by atoms with Crippen LogP contribution in [0.25, 0.3) is 0 Å². The quantitative estimate of drug-likeness (QED) is 0.671. The first-order chi connectivity index (χ1) is 9.99. The Hall–Kier alpha value is -2.39. The van der Waals surface area contributed by atoms with Crippen LogP contribution >= 0.6 is 11.3 Å². The summed E-state index contributed by atoms with van der Waals surface area (Å²) in [5.74, 6) is 0. The molecule has 0 fully saturated rings. The lowest BCUT2D eigenvalue weighted by Crippen LogP contribution is -2.17. The number of nitrogens with one attached hydrogen (secondary N) is 1. The van der Waals surface area contributed by atoms with Gasteiger partial charge in [0.15, 0.2) is 0 Å². The van der Waals surface area contributed by atoms with E-state index in [2.05, 4.69) is 24.4 Å². The molecule has 1 heterocycles. The summed E-state index contributed by atoms with van der Waals surface area (Å²) in [5.41, 5.74) is 0.631. The standard InChI is InChI=1S/C15H15N3O2S/c1-10(7-14-5-3-11(2)21-14)17-13-4-6-15(18(19)20)12(8-13)9-16/h3-6,8,10,17H,7H2,1-2H3. The van der Waals surface area contributed by atoms with Crippen LogP contribution in [0.5, 0.6) is 0 Å². The molecule has 0 amide bonds. The minimum atomic E-state index is -0.541. The third kappa shape index (κ3) is 3.80. The molecule has 1 N–H and O–H groups in total. The molecule has 5 nitrogen and oxygen atoms in total. The van der Waals surface area contributed by atoms with Gasteiger partial charge in [-0.3, -0.25) is 10.1 Å². The summed E-state index contributed by atoms with van der Waals surface area (Å²) in [6.45, 7) is 4.12. The number of nitriles is 1. The number of nitro groups is 1. The fraction of sp³-hybridized carbons (Fsp3) is 0.267. The topological polar surface area (TPSA) is 79.0 Å². The second-order valence-electron chi connectivity index (χ2n) is 4.86. The van der Waals surface area contributed by atoms with E-state index in [0.717, 1.165) is 12.1 Å². The number of rotatable bonds is 5. The zero-order valence-corrected chi connectivity index (χ0v) is 12.6. The molecular weight excluding hydrogens is 286 g/mol. The van der Waals surface area contributed by atoms with Crippen molar-refractivity contribution in [1.29, 1.82) is 5.26 Å². The van der Waals surface area contributed by atoms with Crippen molar-refractivity contribution in [1.82, 2.24) is 0 Å². The van der Waals surface area contributed by atoms with E-state index in [9.17, 15) is 10.1 Å². The number of benzene rings is 1. The van der Waals surface area contributed by atoms with E-state index in [-0.39, 0.29) is 17.3 Å². The monoisotopic (exact) mass is 301 g/mol. The van der Waals surface area contributed by atoms with Crippen molar-refractivity contribution in [2.45, 2.75) is 26.3 Å². The van der Waals surface area contributed by atoms with Crippen molar-refractivity contribution in [3.05, 3.63) is 55.8 Å². The maximum atomic E-state index is 10.8. The van der Waals surface area contributed by atoms with E-state index in [1.54, 1.807) is 17.4 Å². The molecule has 0 radical (unpaired) electrons. The third-order valence-corrected chi connectivity index (χ3v) is 4.05. The Labute approximate surface area is 127 Å². The predicted molar refractivity (Wildman–Crippen MR) is 83.7 cm³/mol. The highest BCUT2D eigenvalue weighted by Crippen LogP contribution is 2.23. The molecule has 0 spiro atoms. The van der Waals surface area contributed by atoms with E-state index in [0.29, 0.717) is 0 Å². The number of thiophene rings is 1. The first-order valence-corrected chi connectivity index (χ1v) is 7.31. The van der Waals surface area contributed by atoms with E-state index in [4.69, 9.17) is 5.26 Å². The Morgan fingerprint density at radius 1 is 1.43 bits per heavy atom. The van der Waals surface area contributed by atoms with Gasteiger partial charge in [0.2, 0.25) is 0 Å². The molecule has 0 saturated heterocycles. The summed E-state index contributed by atoms with van der Waals surface area (Å²) < 4.78 is 0. The van der Waals surface area contributed by atoms with Gasteiger partial charge < -0.3 is 5.32 Å². The van der Waals surface area contributed by atoms with Crippen LogP contribution in [0.3, 0.4) is 0 Å². The van der Waals surface area contributed by atoms with Gasteiger partial charge in [-0.1, -0.05) is 0 Å². The molecule has 2 aromatic rings. The highest BCUT2D eigenvalue weighted by Gasteiger charge is 2.14. The highest BCUT2D eigenvalue weighted by atomic mass is 32.1. The summed E-state index contributed by atoms with van der Waals surface area (Å²) in [6, 6.07) is 10.8. The molecule has 1 atom stereocenters. The number of anilines is 1. The smallest absolute Gasteiger partial charge is 0.287 e. The molecular formula is C15H15N3O2S. The van der Waals surface area contributed by atoms with Crippen LogP contribution in [0.1, 0.15) is 22.2 Å². The number of nitrogens with zero attached hydrogens (tertiary/aromatic N) is 2. The van der Waals surface area contributed by atoms with Gasteiger partial charge in [0.1, 0.15) is 11.6 Å². The lowest BCUT2D eigenvalue weighted by atomic mass is 10.1. The van der Waals surface area contributed by atoms with Crippen molar-refractivity contribution in [2.75, 3.05) is 5.32 Å². The molecule has 1 aromatic heterocycles. The molecule has 0 aliphatic heterocycles. The van der Waals surface area contributed by atoms with E-state index in [1.165, 1.54) is 21.9 Å². The fourth-order valence-electron chi connectivity index (χ4n) is 2.11. The lowest BCUT2D eigenvalue weighted by molar-refractivity contribution is -0.385. The number of hydrogen-bond donors (Lipinski definition) is 1. The maximum absolute atomic E-state index is 10.8. The number of aryl methyl sites for hydroxylation is 1. The fourth-order valence-corrected chi connectivity index (χ4v) is 3.13. The molecule has 6 heteroatoms. The third-order valence-electron chi connectivity index (χ3n) is 3.03. The van der Waals surface area contributed by atoms with Gasteiger partial charge in [-0.25, -0.2) is 0 Å². The molecule has 0 aliphatic carbocycles. The van der Waals surface area contributed by atoms with Crippen molar-refractivity contribution in [3.63, 3.8) is 0 Å². The summed E-state index contributed by atoms with van der Waals surface area (Å²) in [6.07, 6.45) is 0.872.